The Morgan fingerprint density at radius 3 is 2.90 bits per heavy atom. The molecule has 0 spiro atoms. The molecule has 1 aromatic carbocycles. The minimum atomic E-state index is -1.12. The van der Waals surface area contributed by atoms with Gasteiger partial charge in [0.1, 0.15) is 6.61 Å². The summed E-state index contributed by atoms with van der Waals surface area (Å²) in [7, 11) is 0. The van der Waals surface area contributed by atoms with Crippen LogP contribution in [-0.2, 0) is 14.3 Å². The van der Waals surface area contributed by atoms with Gasteiger partial charge < -0.3 is 14.7 Å². The van der Waals surface area contributed by atoms with E-state index in [1.807, 2.05) is 6.92 Å². The van der Waals surface area contributed by atoms with Gasteiger partial charge in [-0.2, -0.15) is 0 Å². The van der Waals surface area contributed by atoms with Crippen molar-refractivity contribution in [3.63, 3.8) is 0 Å². The van der Waals surface area contributed by atoms with Crippen LogP contribution in [0.2, 0.25) is 5.02 Å². The maximum Gasteiger partial charge on any atom is 0.335 e. The molecular formula is C14H15BrClNO4. The normalized spacial score (nSPS) is 22.4. The number of carboxylic acid groups (broad SMARTS) is 1. The minimum absolute atomic E-state index is 0.223. The van der Waals surface area contributed by atoms with E-state index in [0.29, 0.717) is 17.1 Å². The molecule has 0 aromatic heterocycles. The molecule has 2 rings (SSSR count). The van der Waals surface area contributed by atoms with Crippen LogP contribution in [0, 0.1) is 0 Å². The average molecular weight is 377 g/mol. The summed E-state index contributed by atoms with van der Waals surface area (Å²) in [5.41, 5.74) is 0.569. The molecule has 7 heteroatoms. The van der Waals surface area contributed by atoms with Crippen LogP contribution in [0.1, 0.15) is 24.9 Å². The highest BCUT2D eigenvalue weighted by molar-refractivity contribution is 9.10. The first-order valence-electron chi connectivity index (χ1n) is 6.54. The zero-order valence-corrected chi connectivity index (χ0v) is 13.7. The van der Waals surface area contributed by atoms with Crippen molar-refractivity contribution in [3.8, 4) is 0 Å². The Labute approximate surface area is 136 Å². The molecule has 1 aliphatic rings. The van der Waals surface area contributed by atoms with Crippen molar-refractivity contribution in [2.75, 3.05) is 13.2 Å². The lowest BCUT2D eigenvalue weighted by molar-refractivity contribution is -0.173. The number of morpholine rings is 1. The summed E-state index contributed by atoms with van der Waals surface area (Å²) in [5.74, 6) is -1.33. The van der Waals surface area contributed by atoms with Gasteiger partial charge in [0.05, 0.1) is 6.04 Å². The maximum absolute atomic E-state index is 12.1. The fourth-order valence-corrected chi connectivity index (χ4v) is 3.05. The molecule has 1 aliphatic heterocycles. The zero-order chi connectivity index (χ0) is 15.6. The first-order chi connectivity index (χ1) is 9.95. The summed E-state index contributed by atoms with van der Waals surface area (Å²) in [5, 5.41) is 9.80. The van der Waals surface area contributed by atoms with Crippen LogP contribution in [-0.4, -0.2) is 41.1 Å². The van der Waals surface area contributed by atoms with Gasteiger partial charge in [0, 0.05) is 16.0 Å². The summed E-state index contributed by atoms with van der Waals surface area (Å²) in [6, 6.07) is 4.43. The topological polar surface area (TPSA) is 66.8 Å². The van der Waals surface area contributed by atoms with Crippen LogP contribution in [0.5, 0.6) is 0 Å². The zero-order valence-electron chi connectivity index (χ0n) is 11.4. The molecule has 0 saturated carbocycles. The fourth-order valence-electron chi connectivity index (χ4n) is 2.44. The quantitative estimate of drug-likeness (QED) is 0.877. The highest BCUT2D eigenvalue weighted by Crippen LogP contribution is 2.36. The van der Waals surface area contributed by atoms with Gasteiger partial charge in [-0.25, -0.2) is 4.79 Å². The standard InChI is InChI=1S/C14H15BrClNO4/c1-2-5-17-11(18)7-21-13(14(19)20)12(17)9-6-8(15)3-4-10(9)16/h3-4,6,12-13H,2,5,7H2,1H3,(H,19,20). The average Bonchev–Trinajstić information content (AvgIpc) is 2.43. The predicted octanol–water partition coefficient (Wildman–Crippen LogP) is 2.87. The number of nitrogens with zero attached hydrogens (tertiary/aromatic N) is 1. The van der Waals surface area contributed by atoms with E-state index in [4.69, 9.17) is 16.3 Å². The lowest BCUT2D eigenvalue weighted by atomic mass is 9.97. The van der Waals surface area contributed by atoms with Crippen LogP contribution >= 0.6 is 27.5 Å². The third kappa shape index (κ3) is 3.39. The molecule has 1 saturated heterocycles. The van der Waals surface area contributed by atoms with Crippen molar-refractivity contribution in [3.05, 3.63) is 33.3 Å². The number of carbonyl (C=O) groups is 2. The van der Waals surface area contributed by atoms with Gasteiger partial charge in [-0.05, 0) is 30.2 Å². The van der Waals surface area contributed by atoms with Crippen LogP contribution in [0.4, 0.5) is 0 Å². The summed E-state index contributed by atoms with van der Waals surface area (Å²) < 4.78 is 5.99. The van der Waals surface area contributed by atoms with E-state index in [-0.39, 0.29) is 12.5 Å². The number of aliphatic carboxylic acids is 1. The van der Waals surface area contributed by atoms with Gasteiger partial charge in [0.25, 0.3) is 0 Å². The lowest BCUT2D eigenvalue weighted by Gasteiger charge is -2.39. The van der Waals surface area contributed by atoms with E-state index in [1.54, 1.807) is 18.2 Å². The molecule has 1 heterocycles. The van der Waals surface area contributed by atoms with Crippen molar-refractivity contribution < 1.29 is 19.4 Å². The van der Waals surface area contributed by atoms with E-state index in [0.717, 1.165) is 10.9 Å². The Hall–Kier alpha value is -1.11. The smallest absolute Gasteiger partial charge is 0.335 e. The molecule has 0 bridgehead atoms. The summed E-state index contributed by atoms with van der Waals surface area (Å²) in [4.78, 5) is 25.1. The first kappa shape index (κ1) is 16.3. The van der Waals surface area contributed by atoms with Gasteiger partial charge in [0.2, 0.25) is 5.91 Å². The molecule has 1 fully saturated rings. The van der Waals surface area contributed by atoms with Crippen molar-refractivity contribution in [1.82, 2.24) is 4.90 Å². The van der Waals surface area contributed by atoms with Crippen molar-refractivity contribution >= 4 is 39.4 Å². The van der Waals surface area contributed by atoms with E-state index in [1.165, 1.54) is 4.90 Å². The number of rotatable bonds is 4. The van der Waals surface area contributed by atoms with Crippen LogP contribution < -0.4 is 0 Å². The monoisotopic (exact) mass is 375 g/mol. The minimum Gasteiger partial charge on any atom is -0.479 e. The molecule has 1 N–H and O–H groups in total. The highest BCUT2D eigenvalue weighted by atomic mass is 79.9. The summed E-state index contributed by atoms with van der Waals surface area (Å²) in [6.45, 7) is 2.16. The molecule has 21 heavy (non-hydrogen) atoms. The summed E-state index contributed by atoms with van der Waals surface area (Å²) in [6.07, 6.45) is -0.402. The van der Waals surface area contributed by atoms with Crippen molar-refractivity contribution in [2.45, 2.75) is 25.5 Å². The third-order valence-electron chi connectivity index (χ3n) is 3.31. The van der Waals surface area contributed by atoms with Crippen LogP contribution in [0.3, 0.4) is 0 Å². The molecule has 1 amide bonds. The fraction of sp³-hybridized carbons (Fsp3) is 0.429. The molecule has 0 radical (unpaired) electrons. The molecule has 114 valence electrons. The Balaban J connectivity index is 2.51. The number of halogens is 2. The van der Waals surface area contributed by atoms with Gasteiger partial charge in [-0.1, -0.05) is 34.5 Å². The van der Waals surface area contributed by atoms with Crippen molar-refractivity contribution in [2.24, 2.45) is 0 Å². The molecular weight excluding hydrogens is 362 g/mol. The van der Waals surface area contributed by atoms with Gasteiger partial charge in [-0.3, -0.25) is 4.79 Å². The number of ether oxygens (including phenoxy) is 1. The van der Waals surface area contributed by atoms with Gasteiger partial charge >= 0.3 is 5.97 Å². The predicted molar refractivity (Wildman–Crippen MR) is 81.3 cm³/mol. The summed E-state index contributed by atoms with van der Waals surface area (Å²) >= 11 is 9.55. The second-order valence-electron chi connectivity index (χ2n) is 4.77. The third-order valence-corrected chi connectivity index (χ3v) is 4.15. The first-order valence-corrected chi connectivity index (χ1v) is 7.71. The van der Waals surface area contributed by atoms with Crippen LogP contribution in [0.25, 0.3) is 0 Å². The van der Waals surface area contributed by atoms with Gasteiger partial charge in [-0.15, -0.1) is 0 Å². The van der Waals surface area contributed by atoms with Crippen molar-refractivity contribution in [1.29, 1.82) is 0 Å². The highest BCUT2D eigenvalue weighted by Gasteiger charge is 2.42. The Bertz CT molecular complexity index is 566. The second kappa shape index (κ2) is 6.77. The Kier molecular flexibility index (Phi) is 5.24. The molecule has 2 atom stereocenters. The number of carbonyl (C=O) groups excluding carboxylic acids is 1. The molecule has 5 nitrogen and oxygen atoms in total. The lowest BCUT2D eigenvalue weighted by Crippen LogP contribution is -2.52. The SMILES string of the molecule is CCCN1C(=O)COC(C(=O)O)C1c1cc(Br)ccc1Cl. The maximum atomic E-state index is 12.1. The Morgan fingerprint density at radius 2 is 2.29 bits per heavy atom. The largest absolute Gasteiger partial charge is 0.479 e. The second-order valence-corrected chi connectivity index (χ2v) is 6.09. The Morgan fingerprint density at radius 1 is 1.57 bits per heavy atom. The van der Waals surface area contributed by atoms with E-state index >= 15 is 0 Å². The van der Waals surface area contributed by atoms with Crippen LogP contribution in [0.15, 0.2) is 22.7 Å². The van der Waals surface area contributed by atoms with Gasteiger partial charge in [0.15, 0.2) is 6.10 Å². The number of amides is 1. The number of hydrogen-bond acceptors (Lipinski definition) is 3. The number of hydrogen-bond donors (Lipinski definition) is 1. The van der Waals surface area contributed by atoms with E-state index < -0.39 is 18.1 Å². The number of benzene rings is 1. The van der Waals surface area contributed by atoms with E-state index in [2.05, 4.69) is 15.9 Å². The number of carboxylic acids is 1. The molecule has 1 aromatic rings. The molecule has 0 aliphatic carbocycles. The molecule has 2 unspecified atom stereocenters. The van der Waals surface area contributed by atoms with E-state index in [9.17, 15) is 14.7 Å².